The van der Waals surface area contributed by atoms with E-state index < -0.39 is 0 Å². The topological polar surface area (TPSA) is 12.4 Å². The van der Waals surface area contributed by atoms with Gasteiger partial charge in [-0.2, -0.15) is 0 Å². The lowest BCUT2D eigenvalue weighted by atomic mass is 9.72. The maximum Gasteiger partial charge on any atom is 0.0386 e. The predicted molar refractivity (Wildman–Crippen MR) is 110 cm³/mol. The minimum absolute atomic E-state index is 0.312. The van der Waals surface area contributed by atoms with Gasteiger partial charge in [0.15, 0.2) is 0 Å². The van der Waals surface area contributed by atoms with Crippen LogP contribution in [0.3, 0.4) is 0 Å². The second-order valence-corrected chi connectivity index (χ2v) is 7.50. The first-order chi connectivity index (χ1) is 11.4. The Kier molecular flexibility index (Phi) is 8.74. The summed E-state index contributed by atoms with van der Waals surface area (Å²) in [7, 11) is 0. The van der Waals surface area contributed by atoms with E-state index in [2.05, 4.69) is 83.0 Å². The fourth-order valence-electron chi connectivity index (χ4n) is 3.06. The van der Waals surface area contributed by atoms with Gasteiger partial charge in [0.25, 0.3) is 0 Å². The van der Waals surface area contributed by atoms with Crippen LogP contribution in [0, 0.1) is 5.41 Å². The van der Waals surface area contributed by atoms with Crippen LogP contribution in [0.25, 0.3) is 0 Å². The second kappa shape index (κ2) is 10.3. The molecule has 1 rings (SSSR count). The van der Waals surface area contributed by atoms with Crippen LogP contribution in [-0.2, 0) is 0 Å². The molecule has 0 aliphatic heterocycles. The number of rotatable bonds is 7. The molecule has 0 amide bonds. The molecule has 0 atom stereocenters. The van der Waals surface area contributed by atoms with Gasteiger partial charge in [-0.15, -0.1) is 0 Å². The zero-order chi connectivity index (χ0) is 18.0. The van der Waals surface area contributed by atoms with E-state index in [0.29, 0.717) is 5.41 Å². The molecule has 24 heavy (non-hydrogen) atoms. The van der Waals surface area contributed by atoms with Gasteiger partial charge < -0.3 is 0 Å². The van der Waals surface area contributed by atoms with E-state index in [9.17, 15) is 0 Å². The quantitative estimate of drug-likeness (QED) is 0.353. The van der Waals surface area contributed by atoms with Crippen LogP contribution in [0.4, 0.5) is 0 Å². The van der Waals surface area contributed by atoms with Crippen molar-refractivity contribution in [1.82, 2.24) is 0 Å². The minimum Gasteiger partial charge on any atom is -0.293 e. The number of hydrogen-bond donors (Lipinski definition) is 0. The molecule has 0 N–H and O–H groups in total. The van der Waals surface area contributed by atoms with Crippen molar-refractivity contribution in [1.29, 1.82) is 0 Å². The molecule has 0 aromatic heterocycles. The fraction of sp³-hybridized carbons (Fsp3) is 0.522. The molecule has 0 unspecified atom stereocenters. The molecule has 1 heteroatoms. The lowest BCUT2D eigenvalue weighted by Crippen LogP contribution is -2.19. The highest BCUT2D eigenvalue weighted by Crippen LogP contribution is 2.40. The number of hydrogen-bond acceptors (Lipinski definition) is 1. The van der Waals surface area contributed by atoms with Gasteiger partial charge in [-0.25, -0.2) is 0 Å². The van der Waals surface area contributed by atoms with Gasteiger partial charge in [0.1, 0.15) is 0 Å². The Balaban J connectivity index is 2.68. The molecule has 1 nitrogen and oxygen atoms in total. The molecule has 0 heterocycles. The predicted octanol–water partition coefficient (Wildman–Crippen LogP) is 7.00. The minimum atomic E-state index is 0.312. The molecule has 132 valence electrons. The van der Waals surface area contributed by atoms with E-state index in [4.69, 9.17) is 0 Å². The van der Waals surface area contributed by atoms with Crippen molar-refractivity contribution in [3.05, 3.63) is 58.7 Å². The van der Waals surface area contributed by atoms with E-state index in [1.165, 1.54) is 36.0 Å². The molecule has 0 aromatic rings. The Labute approximate surface area is 149 Å². The maximum atomic E-state index is 4.31. The Morgan fingerprint density at radius 1 is 1.12 bits per heavy atom. The summed E-state index contributed by atoms with van der Waals surface area (Å²) in [6.45, 7) is 14.3. The van der Waals surface area contributed by atoms with Crippen LogP contribution in [0.15, 0.2) is 63.7 Å². The van der Waals surface area contributed by atoms with Crippen LogP contribution >= 0.6 is 0 Å². The molecule has 0 spiro atoms. The van der Waals surface area contributed by atoms with Gasteiger partial charge in [0.2, 0.25) is 0 Å². The Hall–Kier alpha value is -1.63. The van der Waals surface area contributed by atoms with E-state index in [0.717, 1.165) is 13.0 Å². The van der Waals surface area contributed by atoms with Gasteiger partial charge in [-0.1, -0.05) is 62.3 Å². The van der Waals surface area contributed by atoms with E-state index in [1.54, 1.807) is 5.57 Å². The largest absolute Gasteiger partial charge is 0.293 e. The monoisotopic (exact) mass is 325 g/mol. The third-order valence-electron chi connectivity index (χ3n) is 4.57. The van der Waals surface area contributed by atoms with Gasteiger partial charge in [0, 0.05) is 12.8 Å². The van der Waals surface area contributed by atoms with Crippen molar-refractivity contribution >= 4 is 6.21 Å². The molecule has 0 radical (unpaired) electrons. The van der Waals surface area contributed by atoms with E-state index in [1.807, 2.05) is 6.21 Å². The third-order valence-corrected chi connectivity index (χ3v) is 4.57. The smallest absolute Gasteiger partial charge is 0.0386 e. The summed E-state index contributed by atoms with van der Waals surface area (Å²) in [6.07, 6.45) is 19.9. The van der Waals surface area contributed by atoms with Crippen LogP contribution < -0.4 is 0 Å². The fourth-order valence-corrected chi connectivity index (χ4v) is 3.06. The summed E-state index contributed by atoms with van der Waals surface area (Å²) in [5.74, 6) is 0. The maximum absolute atomic E-state index is 4.31. The molecule has 1 aliphatic rings. The summed E-state index contributed by atoms with van der Waals surface area (Å²) < 4.78 is 0. The lowest BCUT2D eigenvalue weighted by molar-refractivity contribution is 0.377. The Morgan fingerprint density at radius 2 is 1.83 bits per heavy atom. The molecule has 0 saturated heterocycles. The van der Waals surface area contributed by atoms with Crippen LogP contribution in [0.1, 0.15) is 67.2 Å². The number of aliphatic imine (C=N–C) groups is 1. The molecule has 0 bridgehead atoms. The number of allylic oxidation sites excluding steroid dienone is 10. The summed E-state index contributed by atoms with van der Waals surface area (Å²) in [5.41, 5.74) is 5.88. The molecule has 0 aromatic carbocycles. The van der Waals surface area contributed by atoms with Crippen molar-refractivity contribution in [2.45, 2.75) is 67.2 Å². The van der Waals surface area contributed by atoms with E-state index in [-0.39, 0.29) is 0 Å². The standard InChI is InChI=1S/C23H35N/c1-7-17-24-18-15-20(3)11-8-10-19(2)13-14-22-21(4)12-9-16-23(22,5)6/h8,10-11,13-15,18H,7,9,12,16-17H2,1-6H3/b11-8+,14-13+,19-10+,20-15+,24-18?. The first-order valence-corrected chi connectivity index (χ1v) is 9.27. The zero-order valence-electron chi connectivity index (χ0n) is 16.5. The molecule has 0 saturated carbocycles. The van der Waals surface area contributed by atoms with Crippen LogP contribution in [0.5, 0.6) is 0 Å². The van der Waals surface area contributed by atoms with Crippen LogP contribution in [-0.4, -0.2) is 12.8 Å². The van der Waals surface area contributed by atoms with Crippen molar-refractivity contribution < 1.29 is 0 Å². The highest BCUT2D eigenvalue weighted by molar-refractivity contribution is 5.72. The average Bonchev–Trinajstić information content (AvgIpc) is 2.50. The summed E-state index contributed by atoms with van der Waals surface area (Å²) >= 11 is 0. The summed E-state index contributed by atoms with van der Waals surface area (Å²) in [4.78, 5) is 4.31. The lowest BCUT2D eigenvalue weighted by Gasteiger charge is -2.32. The highest BCUT2D eigenvalue weighted by Gasteiger charge is 2.26. The van der Waals surface area contributed by atoms with Gasteiger partial charge in [-0.3, -0.25) is 4.99 Å². The first-order valence-electron chi connectivity index (χ1n) is 9.27. The molecular formula is C23H35N. The molecular weight excluding hydrogens is 290 g/mol. The molecule has 0 fully saturated rings. The summed E-state index contributed by atoms with van der Waals surface area (Å²) in [5, 5.41) is 0. The Morgan fingerprint density at radius 3 is 2.50 bits per heavy atom. The third kappa shape index (κ3) is 7.29. The molecule has 1 aliphatic carbocycles. The van der Waals surface area contributed by atoms with Crippen molar-refractivity contribution in [2.75, 3.05) is 6.54 Å². The zero-order valence-corrected chi connectivity index (χ0v) is 16.5. The van der Waals surface area contributed by atoms with Gasteiger partial charge in [0.05, 0.1) is 0 Å². The van der Waals surface area contributed by atoms with Crippen molar-refractivity contribution in [3.63, 3.8) is 0 Å². The van der Waals surface area contributed by atoms with Gasteiger partial charge >= 0.3 is 0 Å². The van der Waals surface area contributed by atoms with Crippen LogP contribution in [0.2, 0.25) is 0 Å². The Bertz CT molecular complexity index is 577. The highest BCUT2D eigenvalue weighted by atomic mass is 14.7. The normalized spacial score (nSPS) is 20.1. The first kappa shape index (κ1) is 20.4. The SMILES string of the molecule is CCCN=C/C=C(C)/C=C/C=C(C)/C=C/C1=C(C)CCCC1(C)C. The van der Waals surface area contributed by atoms with Gasteiger partial charge in [-0.05, 0) is 69.1 Å². The van der Waals surface area contributed by atoms with Crippen molar-refractivity contribution in [2.24, 2.45) is 10.4 Å². The number of nitrogens with zero attached hydrogens (tertiary/aromatic N) is 1. The summed E-state index contributed by atoms with van der Waals surface area (Å²) in [6, 6.07) is 0. The van der Waals surface area contributed by atoms with E-state index >= 15 is 0 Å². The average molecular weight is 326 g/mol. The second-order valence-electron chi connectivity index (χ2n) is 7.50. The van der Waals surface area contributed by atoms with Crippen molar-refractivity contribution in [3.8, 4) is 0 Å².